The zero-order valence-electron chi connectivity index (χ0n) is 52.0. The second-order valence-corrected chi connectivity index (χ2v) is 23.6. The largest absolute Gasteiger partial charge is 0.355 e. The minimum Gasteiger partial charge on any atom is -0.355 e. The van der Waals surface area contributed by atoms with E-state index in [1.807, 2.05) is 170 Å². The van der Waals surface area contributed by atoms with Crippen molar-refractivity contribution >= 4 is 209 Å². The Kier molecular flexibility index (Phi) is 15.8. The summed E-state index contributed by atoms with van der Waals surface area (Å²) in [5, 5.41) is 0. The summed E-state index contributed by atoms with van der Waals surface area (Å²) in [6.45, 7) is 0. The molecule has 0 spiro atoms. The summed E-state index contributed by atoms with van der Waals surface area (Å²) in [6.07, 6.45) is 32.2. The third-order valence-corrected chi connectivity index (χ3v) is 16.2. The number of nitrogens with zero attached hydrogens (tertiary/aromatic N) is 8. The first kappa shape index (κ1) is 59.2. The molecule has 17 heteroatoms. The summed E-state index contributed by atoms with van der Waals surface area (Å²) >= 11 is 0. The van der Waals surface area contributed by atoms with Crippen molar-refractivity contribution < 1.29 is 0 Å². The van der Waals surface area contributed by atoms with Gasteiger partial charge in [0.2, 0.25) is 0 Å². The van der Waals surface area contributed by atoms with Gasteiger partial charge in [-0.25, -0.2) is 39.9 Å². The highest BCUT2D eigenvalue weighted by atomic mass is 24.3. The smallest absolute Gasteiger partial charge is 0.0659 e. The van der Waals surface area contributed by atoms with Crippen LogP contribution in [-0.4, -0.2) is 103 Å². The molecule has 2 radical (unpaired) electrons. The average Bonchev–Trinajstić information content (AvgIpc) is 1.76. The van der Waals surface area contributed by atoms with Gasteiger partial charge in [-0.2, -0.15) is 0 Å². The number of aromatic amines is 8. The standard InChI is InChI=1S/4C20H14N4.Mg/c4*1-2-14-10-16-5-6-18(23-16)12-20-8-7-19(24-20)11-17-4-3-15(22-17)9-13(1)21-14;/h4*1-12,21-22H;. The normalized spacial score (nSPS) is 12.5. The van der Waals surface area contributed by atoms with Gasteiger partial charge in [-0.3, -0.25) is 0 Å². The highest BCUT2D eigenvalue weighted by Crippen LogP contribution is 2.24. The molecular weight excluding hydrogens is 1210 g/mol. The zero-order chi connectivity index (χ0) is 63.7. The van der Waals surface area contributed by atoms with E-state index in [9.17, 15) is 0 Å². The molecule has 32 bridgehead atoms. The second kappa shape index (κ2) is 25.9. The van der Waals surface area contributed by atoms with Crippen molar-refractivity contribution in [3.63, 3.8) is 0 Å². The predicted octanol–water partition coefficient (Wildman–Crippen LogP) is 18.2. The van der Waals surface area contributed by atoms with Crippen molar-refractivity contribution in [1.82, 2.24) is 79.7 Å². The molecule has 8 aliphatic heterocycles. The maximum absolute atomic E-state index is 4.62. The second-order valence-electron chi connectivity index (χ2n) is 23.6. The van der Waals surface area contributed by atoms with Crippen LogP contribution in [0.25, 0.3) is 185 Å². The molecule has 0 unspecified atom stereocenters. The Balaban J connectivity index is 0.000000101. The van der Waals surface area contributed by atoms with Crippen LogP contribution in [0.5, 0.6) is 0 Å². The van der Waals surface area contributed by atoms with E-state index in [1.54, 1.807) is 0 Å². The molecule has 0 aliphatic carbocycles. The Labute approximate surface area is 569 Å². The molecule has 0 saturated carbocycles. The van der Waals surface area contributed by atoms with Crippen LogP contribution in [0.2, 0.25) is 0 Å². The Morgan fingerprint density at radius 1 is 0.124 bits per heavy atom. The van der Waals surface area contributed by atoms with Crippen LogP contribution in [0.15, 0.2) is 194 Å². The Hall–Kier alpha value is -12.8. The number of fused-ring (bicyclic) bond motifs is 32. The Morgan fingerprint density at radius 2 is 0.216 bits per heavy atom. The molecule has 0 aromatic carbocycles. The van der Waals surface area contributed by atoms with E-state index in [1.165, 1.54) is 0 Å². The van der Waals surface area contributed by atoms with Gasteiger partial charge in [0.15, 0.2) is 0 Å². The maximum Gasteiger partial charge on any atom is 0.0659 e. The number of H-pyrrole nitrogens is 8. The zero-order valence-corrected chi connectivity index (χ0v) is 53.4. The Morgan fingerprint density at radius 3 is 0.330 bits per heavy atom. The van der Waals surface area contributed by atoms with Gasteiger partial charge < -0.3 is 39.9 Å². The highest BCUT2D eigenvalue weighted by molar-refractivity contribution is 5.83. The van der Waals surface area contributed by atoms with E-state index in [4.69, 9.17) is 0 Å². The first-order valence-corrected chi connectivity index (χ1v) is 31.4. The fraction of sp³-hybridized carbons (Fsp3) is 0. The summed E-state index contributed by atoms with van der Waals surface area (Å²) in [5.41, 5.74) is 31.4. The molecule has 12 aromatic heterocycles. The average molecular weight is 1270 g/mol. The van der Waals surface area contributed by atoms with Crippen LogP contribution < -0.4 is 0 Å². The molecule has 8 aliphatic rings. The Bertz CT molecular complexity index is 5030. The van der Waals surface area contributed by atoms with Crippen LogP contribution in [-0.2, 0) is 0 Å². The van der Waals surface area contributed by atoms with Gasteiger partial charge in [0.1, 0.15) is 0 Å². The van der Waals surface area contributed by atoms with E-state index in [2.05, 4.69) is 201 Å². The lowest BCUT2D eigenvalue weighted by Gasteiger charge is -1.86. The number of hydrogen-bond donors (Lipinski definition) is 8. The van der Waals surface area contributed by atoms with Gasteiger partial charge in [0.25, 0.3) is 0 Å². The lowest BCUT2D eigenvalue weighted by atomic mass is 10.3. The van der Waals surface area contributed by atoms with Gasteiger partial charge >= 0.3 is 0 Å². The third kappa shape index (κ3) is 14.4. The van der Waals surface area contributed by atoms with Gasteiger partial charge in [0.05, 0.1) is 91.1 Å². The van der Waals surface area contributed by atoms with Crippen LogP contribution in [0.3, 0.4) is 0 Å². The van der Waals surface area contributed by atoms with Crippen LogP contribution in [0, 0.1) is 0 Å². The molecule has 0 saturated heterocycles. The van der Waals surface area contributed by atoms with Gasteiger partial charge in [-0.1, -0.05) is 0 Å². The van der Waals surface area contributed by atoms with E-state index in [0.717, 1.165) is 179 Å². The third-order valence-electron chi connectivity index (χ3n) is 16.2. The first-order chi connectivity index (χ1) is 47.2. The molecule has 20 rings (SSSR count). The SMILES string of the molecule is C1=Cc2cc3ccc(cc4ccc(cc5nc(cc1n2)C=C5)[nH]4)[nH]3.C1=Cc2cc3ccc(cc4ccc(cc5nc(cc1n2)C=C5)[nH]4)[nH]3.C1=Cc2cc3ccc(cc4ccc(cc5nc(cc1n2)C=C5)[nH]4)[nH]3.C1=Cc2cc3ccc(cc4ccc(cc5nc(cc1n2)C=C5)[nH]4)[nH]3.[Mg]. The number of hydrogen-bond acceptors (Lipinski definition) is 8. The summed E-state index contributed by atoms with van der Waals surface area (Å²) < 4.78 is 0. The van der Waals surface area contributed by atoms with E-state index >= 15 is 0 Å². The number of nitrogens with one attached hydrogen (secondary N) is 8. The molecular formula is C80H56MgN16. The first-order valence-electron chi connectivity index (χ1n) is 31.4. The van der Waals surface area contributed by atoms with Crippen LogP contribution in [0.1, 0.15) is 91.1 Å². The van der Waals surface area contributed by atoms with Gasteiger partial charge in [-0.15, -0.1) is 0 Å². The van der Waals surface area contributed by atoms with Crippen molar-refractivity contribution in [1.29, 1.82) is 0 Å². The topological polar surface area (TPSA) is 229 Å². The van der Waals surface area contributed by atoms with Gasteiger partial charge in [0, 0.05) is 111 Å². The minimum absolute atomic E-state index is 0. The quantitative estimate of drug-likeness (QED) is 0.0679. The van der Waals surface area contributed by atoms with Gasteiger partial charge in [-0.05, 0) is 291 Å². The van der Waals surface area contributed by atoms with Crippen LogP contribution in [0.4, 0.5) is 0 Å². The fourth-order valence-electron chi connectivity index (χ4n) is 11.8. The molecule has 97 heavy (non-hydrogen) atoms. The molecule has 0 atom stereocenters. The van der Waals surface area contributed by atoms with E-state index in [-0.39, 0.29) is 23.1 Å². The molecule has 0 amide bonds. The number of aromatic nitrogens is 16. The lowest BCUT2D eigenvalue weighted by Crippen LogP contribution is -1.77. The summed E-state index contributed by atoms with van der Waals surface area (Å²) in [4.78, 5) is 64.1. The number of rotatable bonds is 0. The van der Waals surface area contributed by atoms with E-state index < -0.39 is 0 Å². The molecule has 16 nitrogen and oxygen atoms in total. The summed E-state index contributed by atoms with van der Waals surface area (Å²) in [5.74, 6) is 0. The minimum atomic E-state index is 0. The summed E-state index contributed by atoms with van der Waals surface area (Å²) in [6, 6.07) is 65.6. The summed E-state index contributed by atoms with van der Waals surface area (Å²) in [7, 11) is 0. The highest BCUT2D eigenvalue weighted by Gasteiger charge is 2.08. The van der Waals surface area contributed by atoms with E-state index in [0.29, 0.717) is 0 Å². The van der Waals surface area contributed by atoms with Crippen molar-refractivity contribution in [2.24, 2.45) is 0 Å². The van der Waals surface area contributed by atoms with Crippen molar-refractivity contribution in [2.75, 3.05) is 0 Å². The van der Waals surface area contributed by atoms with Crippen molar-refractivity contribution in [3.8, 4) is 0 Å². The molecule has 0 fully saturated rings. The maximum atomic E-state index is 4.62. The molecule has 12 aromatic rings. The van der Waals surface area contributed by atoms with Crippen LogP contribution >= 0.6 is 0 Å². The molecule has 458 valence electrons. The van der Waals surface area contributed by atoms with Crippen molar-refractivity contribution in [3.05, 3.63) is 285 Å². The molecule has 8 N–H and O–H groups in total. The fourth-order valence-corrected chi connectivity index (χ4v) is 11.8. The monoisotopic (exact) mass is 1260 g/mol. The van der Waals surface area contributed by atoms with Crippen molar-refractivity contribution in [2.45, 2.75) is 0 Å². The predicted molar refractivity (Wildman–Crippen MR) is 401 cm³/mol. The molecule has 20 heterocycles. The lowest BCUT2D eigenvalue weighted by molar-refractivity contribution is 1.28.